The zero-order chi connectivity index (χ0) is 15.8. The lowest BCUT2D eigenvalue weighted by atomic mass is 10.0. The Bertz CT molecular complexity index is 711. The topological polar surface area (TPSA) is 17.1 Å². The maximum absolute atomic E-state index is 13.6. The first-order valence-corrected chi connectivity index (χ1v) is 6.32. The van der Waals surface area contributed by atoms with E-state index in [4.69, 9.17) is 23.2 Å². The summed E-state index contributed by atoms with van der Waals surface area (Å²) in [4.78, 5) is 12.1. The van der Waals surface area contributed by atoms with Crippen LogP contribution < -0.4 is 0 Å². The normalized spacial score (nSPS) is 11.5. The van der Waals surface area contributed by atoms with Crippen molar-refractivity contribution in [3.63, 3.8) is 0 Å². The van der Waals surface area contributed by atoms with Crippen LogP contribution in [0.2, 0.25) is 10.0 Å². The minimum absolute atomic E-state index is 0.0508. The number of ketones is 1. The van der Waals surface area contributed by atoms with E-state index in [9.17, 15) is 22.4 Å². The largest absolute Gasteiger partial charge is 0.416 e. The molecule has 2 aromatic rings. The van der Waals surface area contributed by atoms with Gasteiger partial charge in [-0.3, -0.25) is 4.79 Å². The second-order valence-electron chi connectivity index (χ2n) is 4.15. The lowest BCUT2D eigenvalue weighted by Crippen LogP contribution is -2.10. The Hall–Kier alpha value is -1.59. The Balaban J connectivity index is 2.50. The van der Waals surface area contributed by atoms with E-state index in [1.807, 2.05) is 0 Å². The van der Waals surface area contributed by atoms with Crippen LogP contribution >= 0.6 is 23.2 Å². The first-order chi connectivity index (χ1) is 9.70. The van der Waals surface area contributed by atoms with Gasteiger partial charge in [-0.1, -0.05) is 23.2 Å². The molecule has 0 aliphatic rings. The first-order valence-electron chi connectivity index (χ1n) is 5.56. The third-order valence-electron chi connectivity index (χ3n) is 2.72. The minimum atomic E-state index is -4.67. The molecule has 0 aliphatic heterocycles. The van der Waals surface area contributed by atoms with Crippen LogP contribution in [0.15, 0.2) is 36.4 Å². The molecule has 0 N–H and O–H groups in total. The van der Waals surface area contributed by atoms with E-state index in [0.29, 0.717) is 18.2 Å². The summed E-state index contributed by atoms with van der Waals surface area (Å²) in [5.41, 5.74) is -1.84. The molecule has 0 atom stereocenters. The molecule has 0 saturated heterocycles. The molecule has 0 amide bonds. The fourth-order valence-corrected chi connectivity index (χ4v) is 1.97. The molecule has 1 nitrogen and oxygen atoms in total. The van der Waals surface area contributed by atoms with Gasteiger partial charge in [-0.25, -0.2) is 4.39 Å². The van der Waals surface area contributed by atoms with E-state index in [2.05, 4.69) is 0 Å². The van der Waals surface area contributed by atoms with Crippen molar-refractivity contribution in [2.24, 2.45) is 0 Å². The van der Waals surface area contributed by atoms with Gasteiger partial charge < -0.3 is 0 Å². The van der Waals surface area contributed by atoms with E-state index in [1.54, 1.807) is 0 Å². The summed E-state index contributed by atoms with van der Waals surface area (Å²) in [6.45, 7) is 0. The quantitative estimate of drug-likeness (QED) is 0.531. The zero-order valence-electron chi connectivity index (χ0n) is 10.1. The maximum Gasteiger partial charge on any atom is 0.416 e. The molecule has 0 saturated carbocycles. The summed E-state index contributed by atoms with van der Waals surface area (Å²) in [6, 6.07) is 5.39. The van der Waals surface area contributed by atoms with Gasteiger partial charge in [-0.2, -0.15) is 13.2 Å². The second-order valence-corrected chi connectivity index (χ2v) is 4.96. The summed E-state index contributed by atoms with van der Waals surface area (Å²) < 4.78 is 51.5. The molecule has 7 heteroatoms. The Labute approximate surface area is 127 Å². The van der Waals surface area contributed by atoms with E-state index in [1.165, 1.54) is 18.2 Å². The van der Waals surface area contributed by atoms with Crippen molar-refractivity contribution in [3.05, 3.63) is 69.0 Å². The van der Waals surface area contributed by atoms with Crippen molar-refractivity contribution in [1.29, 1.82) is 0 Å². The van der Waals surface area contributed by atoms with Gasteiger partial charge >= 0.3 is 6.18 Å². The third kappa shape index (κ3) is 3.36. The highest BCUT2D eigenvalue weighted by Gasteiger charge is 2.32. The van der Waals surface area contributed by atoms with Gasteiger partial charge in [0.1, 0.15) is 5.82 Å². The van der Waals surface area contributed by atoms with E-state index in [0.717, 1.165) is 0 Å². The molecule has 0 spiro atoms. The summed E-state index contributed by atoms with van der Waals surface area (Å²) in [6.07, 6.45) is -4.67. The number of carbonyl (C=O) groups excluding carboxylic acids is 1. The summed E-state index contributed by atoms with van der Waals surface area (Å²) in [7, 11) is 0. The second kappa shape index (κ2) is 5.66. The lowest BCUT2D eigenvalue weighted by molar-refractivity contribution is -0.137. The Morgan fingerprint density at radius 3 is 2.19 bits per heavy atom. The minimum Gasteiger partial charge on any atom is -0.288 e. The van der Waals surface area contributed by atoms with Crippen molar-refractivity contribution in [2.45, 2.75) is 6.18 Å². The van der Waals surface area contributed by atoms with Gasteiger partial charge in [0, 0.05) is 5.56 Å². The van der Waals surface area contributed by atoms with Crippen LogP contribution in [-0.4, -0.2) is 5.78 Å². The van der Waals surface area contributed by atoms with Crippen molar-refractivity contribution < 1.29 is 22.4 Å². The molecule has 0 bridgehead atoms. The van der Waals surface area contributed by atoms with Crippen LogP contribution in [0.25, 0.3) is 0 Å². The van der Waals surface area contributed by atoms with Gasteiger partial charge in [0.2, 0.25) is 0 Å². The Kier molecular flexibility index (Phi) is 4.25. The summed E-state index contributed by atoms with van der Waals surface area (Å²) in [5.74, 6) is -1.95. The highest BCUT2D eigenvalue weighted by atomic mass is 35.5. The van der Waals surface area contributed by atoms with E-state index >= 15 is 0 Å². The molecule has 2 aromatic carbocycles. The summed E-state index contributed by atoms with van der Waals surface area (Å²) >= 11 is 11.4. The van der Waals surface area contributed by atoms with Crippen LogP contribution in [0.3, 0.4) is 0 Å². The van der Waals surface area contributed by atoms with E-state index < -0.39 is 28.9 Å². The molecule has 21 heavy (non-hydrogen) atoms. The zero-order valence-corrected chi connectivity index (χ0v) is 11.7. The van der Waals surface area contributed by atoms with Gasteiger partial charge in [-0.15, -0.1) is 0 Å². The van der Waals surface area contributed by atoms with Gasteiger partial charge in [0.05, 0.1) is 21.2 Å². The molecule has 0 heterocycles. The molecule has 0 unspecified atom stereocenters. The highest BCUT2D eigenvalue weighted by Crippen LogP contribution is 2.31. The van der Waals surface area contributed by atoms with Crippen LogP contribution in [0.4, 0.5) is 17.6 Å². The molecular formula is C14H6Cl2F4O. The van der Waals surface area contributed by atoms with Crippen molar-refractivity contribution in [3.8, 4) is 0 Å². The fourth-order valence-electron chi connectivity index (χ4n) is 1.67. The predicted octanol–water partition coefficient (Wildman–Crippen LogP) is 5.38. The van der Waals surface area contributed by atoms with Gasteiger partial charge in [0.25, 0.3) is 0 Å². The predicted molar refractivity (Wildman–Crippen MR) is 71.3 cm³/mol. The van der Waals surface area contributed by atoms with Crippen LogP contribution in [0.5, 0.6) is 0 Å². The van der Waals surface area contributed by atoms with Crippen LogP contribution in [0, 0.1) is 5.82 Å². The molecule has 0 radical (unpaired) electrons. The average Bonchev–Trinajstić information content (AvgIpc) is 2.40. The number of halogens is 6. The number of hydrogen-bond acceptors (Lipinski definition) is 1. The highest BCUT2D eigenvalue weighted by molar-refractivity contribution is 6.42. The molecule has 0 aliphatic carbocycles. The summed E-state index contributed by atoms with van der Waals surface area (Å²) in [5, 5.41) is 0.229. The Morgan fingerprint density at radius 1 is 0.952 bits per heavy atom. The molecular weight excluding hydrogens is 331 g/mol. The number of benzene rings is 2. The number of hydrogen-bond donors (Lipinski definition) is 0. The monoisotopic (exact) mass is 336 g/mol. The number of alkyl halides is 3. The fraction of sp³-hybridized carbons (Fsp3) is 0.0714. The van der Waals surface area contributed by atoms with Crippen molar-refractivity contribution in [1.82, 2.24) is 0 Å². The first kappa shape index (κ1) is 15.8. The van der Waals surface area contributed by atoms with Crippen LogP contribution in [0.1, 0.15) is 21.5 Å². The molecule has 0 aromatic heterocycles. The van der Waals surface area contributed by atoms with Crippen molar-refractivity contribution >= 4 is 29.0 Å². The third-order valence-corrected chi connectivity index (χ3v) is 3.46. The molecule has 2 rings (SSSR count). The Morgan fingerprint density at radius 2 is 1.62 bits per heavy atom. The molecule has 110 valence electrons. The van der Waals surface area contributed by atoms with Crippen molar-refractivity contribution in [2.75, 3.05) is 0 Å². The van der Waals surface area contributed by atoms with Crippen LogP contribution in [-0.2, 0) is 6.18 Å². The average molecular weight is 337 g/mol. The maximum atomic E-state index is 13.6. The standard InChI is InChI=1S/C14H6Cl2F4O/c15-10-3-1-7(5-11(10)16)13(21)9-6-8(14(18,19)20)2-4-12(9)17/h1-6H. The number of carbonyl (C=O) groups is 1. The molecule has 0 fully saturated rings. The van der Waals surface area contributed by atoms with Gasteiger partial charge in [0.15, 0.2) is 5.78 Å². The van der Waals surface area contributed by atoms with E-state index in [-0.39, 0.29) is 15.6 Å². The SMILES string of the molecule is O=C(c1ccc(Cl)c(Cl)c1)c1cc(C(F)(F)F)ccc1F. The van der Waals surface area contributed by atoms with Gasteiger partial charge in [-0.05, 0) is 36.4 Å². The lowest BCUT2D eigenvalue weighted by Gasteiger charge is -2.09. The smallest absolute Gasteiger partial charge is 0.288 e. The number of rotatable bonds is 2.